The number of rotatable bonds is 3. The summed E-state index contributed by atoms with van der Waals surface area (Å²) in [7, 11) is 0. The van der Waals surface area contributed by atoms with Gasteiger partial charge in [0.2, 0.25) is 11.8 Å². The fourth-order valence-corrected chi connectivity index (χ4v) is 5.11. The van der Waals surface area contributed by atoms with Gasteiger partial charge in [0.15, 0.2) is 0 Å². The SMILES string of the molecule is NC1CN(Cc2cccc3c2C(=O)N(C2CCC(=O)NC2=O)C3)C2COCC12. The minimum absolute atomic E-state index is 0.0972. The lowest BCUT2D eigenvalue weighted by molar-refractivity contribution is -0.136. The first-order valence-corrected chi connectivity index (χ1v) is 9.85. The zero-order valence-corrected chi connectivity index (χ0v) is 15.6. The fraction of sp³-hybridized carbons (Fsp3) is 0.550. The van der Waals surface area contributed by atoms with Crippen LogP contribution in [0.5, 0.6) is 0 Å². The minimum Gasteiger partial charge on any atom is -0.379 e. The van der Waals surface area contributed by atoms with Gasteiger partial charge in [0, 0.05) is 49.6 Å². The molecule has 1 aromatic carbocycles. The number of nitrogens with two attached hydrogens (primary N) is 1. The quantitative estimate of drug-likeness (QED) is 0.688. The molecule has 4 aliphatic rings. The molecule has 0 saturated carbocycles. The van der Waals surface area contributed by atoms with Gasteiger partial charge in [0.1, 0.15) is 6.04 Å². The molecule has 3 saturated heterocycles. The van der Waals surface area contributed by atoms with Crippen molar-refractivity contribution in [3.63, 3.8) is 0 Å². The number of imide groups is 1. The Kier molecular flexibility index (Phi) is 4.22. The highest BCUT2D eigenvalue weighted by Crippen LogP contribution is 2.34. The van der Waals surface area contributed by atoms with Crippen LogP contribution in [0.4, 0.5) is 0 Å². The Bertz CT molecular complexity index is 857. The molecular weight excluding hydrogens is 360 g/mol. The Hall–Kier alpha value is -2.29. The predicted molar refractivity (Wildman–Crippen MR) is 99.0 cm³/mol. The zero-order valence-electron chi connectivity index (χ0n) is 15.6. The summed E-state index contributed by atoms with van der Waals surface area (Å²) in [5.41, 5.74) is 8.89. The zero-order chi connectivity index (χ0) is 19.4. The molecule has 3 N–H and O–H groups in total. The fourth-order valence-electron chi connectivity index (χ4n) is 5.11. The van der Waals surface area contributed by atoms with Crippen LogP contribution in [-0.2, 0) is 27.4 Å². The van der Waals surface area contributed by atoms with Crippen molar-refractivity contribution in [2.24, 2.45) is 11.7 Å². The van der Waals surface area contributed by atoms with E-state index in [0.717, 1.165) is 17.7 Å². The van der Waals surface area contributed by atoms with E-state index in [2.05, 4.69) is 10.2 Å². The molecule has 3 fully saturated rings. The van der Waals surface area contributed by atoms with Gasteiger partial charge in [-0.15, -0.1) is 0 Å². The Balaban J connectivity index is 1.39. The summed E-state index contributed by atoms with van der Waals surface area (Å²) in [4.78, 5) is 40.8. The van der Waals surface area contributed by atoms with Crippen LogP contribution in [0.15, 0.2) is 18.2 Å². The average molecular weight is 384 g/mol. The molecule has 148 valence electrons. The highest BCUT2D eigenvalue weighted by molar-refractivity contribution is 6.05. The molecule has 0 aliphatic carbocycles. The number of hydrogen-bond donors (Lipinski definition) is 2. The summed E-state index contributed by atoms with van der Waals surface area (Å²) < 4.78 is 5.61. The second-order valence-corrected chi connectivity index (χ2v) is 8.21. The number of hydrogen-bond acceptors (Lipinski definition) is 6. The summed E-state index contributed by atoms with van der Waals surface area (Å²) >= 11 is 0. The number of piperidine rings is 1. The summed E-state index contributed by atoms with van der Waals surface area (Å²) in [5, 5.41) is 2.35. The number of likely N-dealkylation sites (tertiary alicyclic amines) is 1. The van der Waals surface area contributed by atoms with Gasteiger partial charge in [0.05, 0.1) is 13.2 Å². The van der Waals surface area contributed by atoms with E-state index in [1.54, 1.807) is 4.90 Å². The van der Waals surface area contributed by atoms with Crippen LogP contribution in [0.3, 0.4) is 0 Å². The Labute approximate surface area is 163 Å². The van der Waals surface area contributed by atoms with E-state index in [1.165, 1.54) is 0 Å². The van der Waals surface area contributed by atoms with E-state index in [0.29, 0.717) is 50.2 Å². The van der Waals surface area contributed by atoms with Crippen LogP contribution >= 0.6 is 0 Å². The van der Waals surface area contributed by atoms with Crippen molar-refractivity contribution >= 4 is 17.7 Å². The highest BCUT2D eigenvalue weighted by Gasteiger charge is 2.45. The minimum atomic E-state index is -0.585. The van der Waals surface area contributed by atoms with E-state index in [9.17, 15) is 14.4 Å². The van der Waals surface area contributed by atoms with Crippen molar-refractivity contribution < 1.29 is 19.1 Å². The molecule has 28 heavy (non-hydrogen) atoms. The highest BCUT2D eigenvalue weighted by atomic mass is 16.5. The van der Waals surface area contributed by atoms with Crippen molar-refractivity contribution in [2.45, 2.75) is 44.1 Å². The molecule has 3 amide bonds. The second kappa shape index (κ2) is 6.65. The van der Waals surface area contributed by atoms with Gasteiger partial charge in [-0.1, -0.05) is 18.2 Å². The maximum atomic E-state index is 13.2. The molecule has 1 aromatic rings. The number of carbonyl (C=O) groups excluding carboxylic acids is 3. The van der Waals surface area contributed by atoms with E-state index in [1.807, 2.05) is 18.2 Å². The maximum Gasteiger partial charge on any atom is 0.255 e. The first kappa shape index (κ1) is 17.8. The third kappa shape index (κ3) is 2.75. The largest absolute Gasteiger partial charge is 0.379 e. The van der Waals surface area contributed by atoms with Crippen molar-refractivity contribution in [1.82, 2.24) is 15.1 Å². The lowest BCUT2D eigenvalue weighted by Crippen LogP contribution is -2.52. The molecule has 5 rings (SSSR count). The van der Waals surface area contributed by atoms with Crippen LogP contribution in [0.25, 0.3) is 0 Å². The molecule has 0 bridgehead atoms. The van der Waals surface area contributed by atoms with Crippen molar-refractivity contribution in [3.8, 4) is 0 Å². The van der Waals surface area contributed by atoms with Crippen LogP contribution in [0, 0.1) is 5.92 Å². The number of nitrogens with one attached hydrogen (secondary N) is 1. The normalized spacial score (nSPS) is 32.6. The second-order valence-electron chi connectivity index (χ2n) is 8.21. The number of benzene rings is 1. The lowest BCUT2D eigenvalue weighted by atomic mass is 10.00. The summed E-state index contributed by atoms with van der Waals surface area (Å²) in [5.74, 6) is -0.421. The molecule has 4 heterocycles. The predicted octanol–water partition coefficient (Wildman–Crippen LogP) is -0.394. The van der Waals surface area contributed by atoms with Gasteiger partial charge in [-0.2, -0.15) is 0 Å². The monoisotopic (exact) mass is 384 g/mol. The van der Waals surface area contributed by atoms with Gasteiger partial charge < -0.3 is 15.4 Å². The van der Waals surface area contributed by atoms with Gasteiger partial charge >= 0.3 is 0 Å². The van der Waals surface area contributed by atoms with E-state index < -0.39 is 6.04 Å². The van der Waals surface area contributed by atoms with Gasteiger partial charge in [-0.3, -0.25) is 24.6 Å². The Morgan fingerprint density at radius 1 is 1.21 bits per heavy atom. The number of nitrogens with zero attached hydrogens (tertiary/aromatic N) is 2. The van der Waals surface area contributed by atoms with Crippen molar-refractivity contribution in [2.75, 3.05) is 19.8 Å². The molecule has 4 aliphatic heterocycles. The first-order chi connectivity index (χ1) is 13.5. The van der Waals surface area contributed by atoms with Gasteiger partial charge in [0.25, 0.3) is 5.91 Å². The number of amides is 3. The first-order valence-electron chi connectivity index (χ1n) is 9.85. The standard InChI is InChI=1S/C20H24N4O4/c21-14-8-23(16-10-28-9-13(14)16)6-11-2-1-3-12-7-24(20(27)18(11)12)15-4-5-17(25)22-19(15)26/h1-3,13-16H,4-10,21H2,(H,22,25,26). The molecule has 8 nitrogen and oxygen atoms in total. The van der Waals surface area contributed by atoms with Crippen LogP contribution in [0.1, 0.15) is 34.3 Å². The lowest BCUT2D eigenvalue weighted by Gasteiger charge is -2.29. The molecule has 4 unspecified atom stereocenters. The molecule has 0 spiro atoms. The van der Waals surface area contributed by atoms with Crippen LogP contribution in [0.2, 0.25) is 0 Å². The Morgan fingerprint density at radius 3 is 2.89 bits per heavy atom. The third-order valence-corrected chi connectivity index (χ3v) is 6.57. The molecular formula is C20H24N4O4. The number of fused-ring (bicyclic) bond motifs is 2. The van der Waals surface area contributed by atoms with Crippen molar-refractivity contribution in [3.05, 3.63) is 34.9 Å². The van der Waals surface area contributed by atoms with E-state index in [-0.39, 0.29) is 30.2 Å². The van der Waals surface area contributed by atoms with Crippen LogP contribution < -0.4 is 11.1 Å². The summed E-state index contributed by atoms with van der Waals surface area (Å²) in [6.07, 6.45) is 0.639. The molecule has 0 aromatic heterocycles. The van der Waals surface area contributed by atoms with Gasteiger partial charge in [-0.25, -0.2) is 0 Å². The van der Waals surface area contributed by atoms with E-state index in [4.69, 9.17) is 10.5 Å². The van der Waals surface area contributed by atoms with E-state index >= 15 is 0 Å². The molecule has 4 atom stereocenters. The topological polar surface area (TPSA) is 105 Å². The Morgan fingerprint density at radius 2 is 2.07 bits per heavy atom. The van der Waals surface area contributed by atoms with Crippen LogP contribution in [-0.4, -0.2) is 65.4 Å². The summed E-state index contributed by atoms with van der Waals surface area (Å²) in [6.45, 7) is 3.24. The van der Waals surface area contributed by atoms with Crippen molar-refractivity contribution in [1.29, 1.82) is 0 Å². The third-order valence-electron chi connectivity index (χ3n) is 6.57. The summed E-state index contributed by atoms with van der Waals surface area (Å²) in [6, 6.07) is 5.71. The smallest absolute Gasteiger partial charge is 0.255 e. The van der Waals surface area contributed by atoms with Gasteiger partial charge in [-0.05, 0) is 17.5 Å². The number of carbonyl (C=O) groups is 3. The molecule has 0 radical (unpaired) electrons. The average Bonchev–Trinajstić information content (AvgIpc) is 3.33. The molecule has 8 heteroatoms. The maximum absolute atomic E-state index is 13.2. The number of ether oxygens (including phenoxy) is 1.